The number of anilines is 2. The summed E-state index contributed by atoms with van der Waals surface area (Å²) in [5, 5.41) is 4.48. The van der Waals surface area contributed by atoms with E-state index >= 15 is 4.39 Å². The Kier molecular flexibility index (Phi) is 6.03. The number of likely N-dealkylation sites (N-methyl/N-ethyl adjacent to an activating group) is 1. The molecule has 0 aliphatic carbocycles. The van der Waals surface area contributed by atoms with E-state index in [9.17, 15) is 4.39 Å². The highest BCUT2D eigenvalue weighted by molar-refractivity contribution is 7.22. The average Bonchev–Trinajstić information content (AvgIpc) is 3.63. The summed E-state index contributed by atoms with van der Waals surface area (Å²) >= 11 is 7.75. The van der Waals surface area contributed by atoms with E-state index in [0.717, 1.165) is 63.2 Å². The number of nitrogens with zero attached hydrogens (tertiary/aromatic N) is 5. The van der Waals surface area contributed by atoms with Crippen molar-refractivity contribution < 1.29 is 13.5 Å². The van der Waals surface area contributed by atoms with Crippen LogP contribution in [0.3, 0.4) is 0 Å². The largest absolute Gasteiger partial charge is 0.462 e. The van der Waals surface area contributed by atoms with E-state index in [2.05, 4.69) is 32.1 Å². The predicted octanol–water partition coefficient (Wildman–Crippen LogP) is 4.84. The molecule has 8 nitrogen and oxygen atoms in total. The molecule has 0 unspecified atom stereocenters. The van der Waals surface area contributed by atoms with Crippen LogP contribution in [-0.2, 0) is 0 Å². The monoisotopic (exact) mass is 571 g/mol. The quantitative estimate of drug-likeness (QED) is 0.352. The molecule has 3 aliphatic heterocycles. The predicted molar refractivity (Wildman–Crippen MR) is 151 cm³/mol. The standard InChI is InChI=1S/C27H28ClF2N7OS/c1-36-9-2-4-14(36)11-38-26-34-21-16(24(35-26)37-12-27(13-37)7-3-8-32-27)10-17(28)19(20(21)30)15-5-6-18(29)23-22(15)33-25(31)39-23/h5-6,10,14,32H,2-4,7-9,11-13H2,1H3,(H2,31,33)/t14-/m0/s1. The zero-order chi connectivity index (χ0) is 26.9. The van der Waals surface area contributed by atoms with E-state index in [1.54, 1.807) is 6.07 Å². The van der Waals surface area contributed by atoms with Crippen molar-refractivity contribution in [2.45, 2.75) is 37.3 Å². The second kappa shape index (κ2) is 9.36. The molecule has 4 aromatic rings. The Morgan fingerprint density at radius 3 is 2.79 bits per heavy atom. The van der Waals surface area contributed by atoms with Crippen LogP contribution in [0.5, 0.6) is 6.01 Å². The number of rotatable bonds is 5. The number of likely N-dealkylation sites (tertiary alicyclic amines) is 1. The number of nitrogens with two attached hydrogens (primary N) is 1. The van der Waals surface area contributed by atoms with Crippen molar-refractivity contribution in [1.82, 2.24) is 25.2 Å². The lowest BCUT2D eigenvalue weighted by Crippen LogP contribution is -2.67. The Hall–Kier alpha value is -2.86. The first-order valence-electron chi connectivity index (χ1n) is 13.2. The number of nitrogen functional groups attached to an aromatic ring is 1. The second-order valence-electron chi connectivity index (χ2n) is 10.9. The zero-order valence-corrected chi connectivity index (χ0v) is 23.0. The minimum Gasteiger partial charge on any atom is -0.462 e. The molecule has 0 amide bonds. The van der Waals surface area contributed by atoms with Crippen LogP contribution in [0.15, 0.2) is 18.2 Å². The zero-order valence-electron chi connectivity index (χ0n) is 21.4. The van der Waals surface area contributed by atoms with E-state index in [-0.39, 0.29) is 49.0 Å². The normalized spacial score (nSPS) is 20.9. The van der Waals surface area contributed by atoms with Gasteiger partial charge in [-0.3, -0.25) is 0 Å². The van der Waals surface area contributed by atoms with Crippen LogP contribution in [0, 0.1) is 11.6 Å². The van der Waals surface area contributed by atoms with Gasteiger partial charge in [-0.15, -0.1) is 0 Å². The number of hydrogen-bond acceptors (Lipinski definition) is 9. The van der Waals surface area contributed by atoms with Gasteiger partial charge in [-0.2, -0.15) is 9.97 Å². The lowest BCUT2D eigenvalue weighted by molar-refractivity contribution is 0.188. The molecule has 1 spiro atoms. The van der Waals surface area contributed by atoms with Gasteiger partial charge < -0.3 is 25.6 Å². The smallest absolute Gasteiger partial charge is 0.319 e. The minimum atomic E-state index is -0.627. The summed E-state index contributed by atoms with van der Waals surface area (Å²) < 4.78 is 37.3. The van der Waals surface area contributed by atoms with E-state index in [1.807, 2.05) is 0 Å². The molecule has 12 heteroatoms. The lowest BCUT2D eigenvalue weighted by atomic mass is 9.88. The third kappa shape index (κ3) is 4.18. The fraction of sp³-hybridized carbons (Fsp3) is 0.444. The molecule has 2 aromatic carbocycles. The molecule has 3 N–H and O–H groups in total. The van der Waals surface area contributed by atoms with Gasteiger partial charge in [0.05, 0.1) is 20.8 Å². The average molecular weight is 572 g/mol. The van der Waals surface area contributed by atoms with Crippen molar-refractivity contribution in [1.29, 1.82) is 0 Å². The first-order valence-corrected chi connectivity index (χ1v) is 14.4. The number of thiazole rings is 1. The van der Waals surface area contributed by atoms with Crippen LogP contribution in [0.1, 0.15) is 25.7 Å². The fourth-order valence-electron chi connectivity index (χ4n) is 6.24. The summed E-state index contributed by atoms with van der Waals surface area (Å²) in [6.07, 6.45) is 4.38. The summed E-state index contributed by atoms with van der Waals surface area (Å²) in [4.78, 5) is 18.0. The van der Waals surface area contributed by atoms with E-state index in [4.69, 9.17) is 27.1 Å². The highest BCUT2D eigenvalue weighted by Gasteiger charge is 2.46. The molecule has 7 rings (SSSR count). The van der Waals surface area contributed by atoms with Gasteiger partial charge in [0.25, 0.3) is 0 Å². The Bertz CT molecular complexity index is 1600. The van der Waals surface area contributed by atoms with Gasteiger partial charge in [0.15, 0.2) is 10.9 Å². The lowest BCUT2D eigenvalue weighted by Gasteiger charge is -2.49. The molecule has 0 radical (unpaired) electrons. The van der Waals surface area contributed by atoms with Gasteiger partial charge in [-0.05, 0) is 64.0 Å². The third-order valence-corrected chi connectivity index (χ3v) is 9.51. The van der Waals surface area contributed by atoms with Crippen LogP contribution in [0.25, 0.3) is 32.2 Å². The number of hydrogen-bond donors (Lipinski definition) is 2. The highest BCUT2D eigenvalue weighted by Crippen LogP contribution is 2.44. The molecule has 3 aliphatic rings. The molecule has 0 bridgehead atoms. The van der Waals surface area contributed by atoms with Crippen LogP contribution in [-0.4, -0.2) is 71.3 Å². The van der Waals surface area contributed by atoms with Gasteiger partial charge in [0.2, 0.25) is 0 Å². The number of nitrogens with one attached hydrogen (secondary N) is 1. The van der Waals surface area contributed by atoms with Crippen LogP contribution < -0.4 is 20.7 Å². The maximum atomic E-state index is 16.5. The fourth-order valence-corrected chi connectivity index (χ4v) is 7.30. The Morgan fingerprint density at radius 2 is 2.05 bits per heavy atom. The summed E-state index contributed by atoms with van der Waals surface area (Å²) in [5.41, 5.74) is 6.77. The Labute approximate surface area is 233 Å². The molecular formula is C27H28ClF2N7OS. The van der Waals surface area contributed by atoms with Crippen LogP contribution in [0.2, 0.25) is 5.02 Å². The van der Waals surface area contributed by atoms with Gasteiger partial charge in [-0.1, -0.05) is 22.9 Å². The van der Waals surface area contributed by atoms with Crippen molar-refractivity contribution in [3.63, 3.8) is 0 Å². The molecule has 5 heterocycles. The van der Waals surface area contributed by atoms with Crippen molar-refractivity contribution >= 4 is 55.0 Å². The number of fused-ring (bicyclic) bond motifs is 2. The van der Waals surface area contributed by atoms with Gasteiger partial charge >= 0.3 is 6.01 Å². The maximum Gasteiger partial charge on any atom is 0.319 e. The summed E-state index contributed by atoms with van der Waals surface area (Å²) in [6, 6.07) is 4.84. The first kappa shape index (κ1) is 25.1. The molecule has 204 valence electrons. The molecular weight excluding hydrogens is 544 g/mol. The van der Waals surface area contributed by atoms with Gasteiger partial charge in [-0.25, -0.2) is 13.8 Å². The van der Waals surface area contributed by atoms with Crippen LogP contribution >= 0.6 is 22.9 Å². The van der Waals surface area contributed by atoms with Crippen molar-refractivity contribution in [3.8, 4) is 17.1 Å². The SMILES string of the molecule is CN1CCC[C@H]1COc1nc(N2CC3(CCCN3)C2)c2cc(Cl)c(-c3ccc(F)c4sc(N)nc34)c(F)c2n1. The Morgan fingerprint density at radius 1 is 1.21 bits per heavy atom. The number of benzene rings is 2. The molecule has 3 saturated heterocycles. The van der Waals surface area contributed by atoms with Crippen molar-refractivity contribution in [3.05, 3.63) is 34.9 Å². The van der Waals surface area contributed by atoms with E-state index < -0.39 is 11.6 Å². The van der Waals surface area contributed by atoms with Crippen molar-refractivity contribution in [2.75, 3.05) is 50.5 Å². The number of aromatic nitrogens is 3. The van der Waals surface area contributed by atoms with E-state index in [0.29, 0.717) is 23.4 Å². The number of ether oxygens (including phenoxy) is 1. The molecule has 3 fully saturated rings. The van der Waals surface area contributed by atoms with Crippen LogP contribution in [0.4, 0.5) is 19.7 Å². The Balaban J connectivity index is 1.35. The van der Waals surface area contributed by atoms with Gasteiger partial charge in [0, 0.05) is 35.6 Å². The second-order valence-corrected chi connectivity index (χ2v) is 12.3. The summed E-state index contributed by atoms with van der Waals surface area (Å²) in [6.45, 7) is 3.97. The molecule has 2 aromatic heterocycles. The van der Waals surface area contributed by atoms with Gasteiger partial charge in [0.1, 0.15) is 23.8 Å². The molecule has 1 atom stereocenters. The summed E-state index contributed by atoms with van der Waals surface area (Å²) in [7, 11) is 2.07. The van der Waals surface area contributed by atoms with Crippen molar-refractivity contribution in [2.24, 2.45) is 0 Å². The summed E-state index contributed by atoms with van der Waals surface area (Å²) in [5.74, 6) is -0.494. The number of halogens is 3. The maximum absolute atomic E-state index is 16.5. The minimum absolute atomic E-state index is 0.0669. The highest BCUT2D eigenvalue weighted by atomic mass is 35.5. The first-order chi connectivity index (χ1) is 18.8. The molecule has 39 heavy (non-hydrogen) atoms. The van der Waals surface area contributed by atoms with E-state index in [1.165, 1.54) is 12.1 Å². The topological polar surface area (TPSA) is 92.4 Å². The third-order valence-electron chi connectivity index (χ3n) is 8.32. The molecule has 0 saturated carbocycles.